The number of nitrogens with zero attached hydrogens (tertiary/aromatic N) is 5. The minimum absolute atomic E-state index is 0.00681. The molecule has 128 valence electrons. The van der Waals surface area contributed by atoms with Gasteiger partial charge in [-0.05, 0) is 37.7 Å². The zero-order valence-electron chi connectivity index (χ0n) is 13.8. The van der Waals surface area contributed by atoms with Gasteiger partial charge in [0.05, 0.1) is 18.5 Å². The first-order valence-corrected chi connectivity index (χ1v) is 8.76. The van der Waals surface area contributed by atoms with Crippen LogP contribution < -0.4 is 10.2 Å². The Hall–Kier alpha value is -2.15. The van der Waals surface area contributed by atoms with Gasteiger partial charge in [-0.15, -0.1) is 0 Å². The number of imidazole rings is 1. The van der Waals surface area contributed by atoms with Crippen LogP contribution in [0.15, 0.2) is 31.0 Å². The lowest BCUT2D eigenvalue weighted by Crippen LogP contribution is -2.29. The fourth-order valence-corrected chi connectivity index (χ4v) is 3.82. The smallest absolute Gasteiger partial charge is 0.224 e. The van der Waals surface area contributed by atoms with E-state index in [4.69, 9.17) is 0 Å². The predicted octanol–water partition coefficient (Wildman–Crippen LogP) is 1.52. The van der Waals surface area contributed by atoms with Gasteiger partial charge in [0.15, 0.2) is 0 Å². The number of aliphatic hydroxyl groups is 1. The Morgan fingerprint density at radius 1 is 1.21 bits per heavy atom. The molecule has 7 heteroatoms. The van der Waals surface area contributed by atoms with E-state index in [0.29, 0.717) is 11.9 Å². The van der Waals surface area contributed by atoms with Gasteiger partial charge in [-0.1, -0.05) is 0 Å². The van der Waals surface area contributed by atoms with Gasteiger partial charge in [-0.25, -0.2) is 9.97 Å². The largest absolute Gasteiger partial charge is 0.391 e. The highest BCUT2D eigenvalue weighted by atomic mass is 16.3. The lowest BCUT2D eigenvalue weighted by molar-refractivity contribution is 0.166. The maximum absolute atomic E-state index is 10.4. The van der Waals surface area contributed by atoms with Crippen molar-refractivity contribution in [2.24, 2.45) is 5.92 Å². The van der Waals surface area contributed by atoms with Crippen LogP contribution in [0.2, 0.25) is 0 Å². The van der Waals surface area contributed by atoms with E-state index in [0.717, 1.165) is 38.3 Å². The normalized spacial score (nSPS) is 26.9. The van der Waals surface area contributed by atoms with Crippen molar-refractivity contribution in [1.82, 2.24) is 19.5 Å². The third-order valence-corrected chi connectivity index (χ3v) is 5.04. The molecule has 0 spiro atoms. The summed E-state index contributed by atoms with van der Waals surface area (Å²) in [7, 11) is 0. The zero-order valence-corrected chi connectivity index (χ0v) is 13.8. The molecule has 2 fully saturated rings. The SMILES string of the molecule is O[C@@H]1CC(Cn2ccnc2)C[C@H]1Nc1nccc(N2CCCC2)n1. The molecule has 1 saturated heterocycles. The molecule has 2 aliphatic rings. The van der Waals surface area contributed by atoms with Gasteiger partial charge in [0, 0.05) is 38.2 Å². The summed E-state index contributed by atoms with van der Waals surface area (Å²) in [5.41, 5.74) is 0. The van der Waals surface area contributed by atoms with Crippen LogP contribution in [-0.2, 0) is 6.54 Å². The molecule has 2 N–H and O–H groups in total. The van der Waals surface area contributed by atoms with E-state index >= 15 is 0 Å². The van der Waals surface area contributed by atoms with E-state index in [1.54, 1.807) is 12.4 Å². The fraction of sp³-hybridized carbons (Fsp3) is 0.588. The summed E-state index contributed by atoms with van der Waals surface area (Å²) in [6.45, 7) is 3.02. The quantitative estimate of drug-likeness (QED) is 0.866. The van der Waals surface area contributed by atoms with Crippen LogP contribution in [0.3, 0.4) is 0 Å². The van der Waals surface area contributed by atoms with Crippen molar-refractivity contribution in [3.8, 4) is 0 Å². The van der Waals surface area contributed by atoms with Crippen molar-refractivity contribution >= 4 is 11.8 Å². The van der Waals surface area contributed by atoms with Gasteiger partial charge >= 0.3 is 0 Å². The average molecular weight is 328 g/mol. The third-order valence-electron chi connectivity index (χ3n) is 5.04. The number of aromatic nitrogens is 4. The molecule has 4 rings (SSSR count). The maximum atomic E-state index is 10.4. The first kappa shape index (κ1) is 15.4. The molecule has 1 aliphatic heterocycles. The standard InChI is InChI=1S/C17H24N6O/c24-15-10-13(11-22-8-5-18-12-22)9-14(15)20-17-19-4-3-16(21-17)23-6-1-2-7-23/h3-5,8,12-15,24H,1-2,6-7,9-11H2,(H,19,20,21)/t13?,14-,15-/m1/s1. The fourth-order valence-electron chi connectivity index (χ4n) is 3.82. The number of nitrogens with one attached hydrogen (secondary N) is 1. The average Bonchev–Trinajstić information content (AvgIpc) is 3.32. The number of aliphatic hydroxyl groups excluding tert-OH is 1. The Bertz CT molecular complexity index is 655. The van der Waals surface area contributed by atoms with Crippen molar-refractivity contribution in [3.05, 3.63) is 31.0 Å². The van der Waals surface area contributed by atoms with Crippen LogP contribution in [0, 0.1) is 5.92 Å². The number of rotatable bonds is 5. The highest BCUT2D eigenvalue weighted by Gasteiger charge is 2.33. The molecule has 1 unspecified atom stereocenters. The van der Waals surface area contributed by atoms with Gasteiger partial charge in [-0.3, -0.25) is 0 Å². The molecule has 2 aromatic rings. The minimum Gasteiger partial charge on any atom is -0.391 e. The molecule has 7 nitrogen and oxygen atoms in total. The Morgan fingerprint density at radius 2 is 2.08 bits per heavy atom. The first-order chi connectivity index (χ1) is 11.8. The van der Waals surface area contributed by atoms with Gasteiger partial charge < -0.3 is 19.9 Å². The van der Waals surface area contributed by atoms with Crippen LogP contribution in [0.1, 0.15) is 25.7 Å². The second-order valence-corrected chi connectivity index (χ2v) is 6.85. The molecule has 3 atom stereocenters. The van der Waals surface area contributed by atoms with E-state index in [1.807, 2.05) is 18.6 Å². The molecule has 1 aliphatic carbocycles. The first-order valence-electron chi connectivity index (χ1n) is 8.76. The summed E-state index contributed by atoms with van der Waals surface area (Å²) in [5, 5.41) is 13.7. The molecule has 0 radical (unpaired) electrons. The highest BCUT2D eigenvalue weighted by Crippen LogP contribution is 2.29. The van der Waals surface area contributed by atoms with E-state index in [2.05, 4.69) is 29.7 Å². The van der Waals surface area contributed by atoms with Gasteiger partial charge in [0.25, 0.3) is 0 Å². The summed E-state index contributed by atoms with van der Waals surface area (Å²) in [4.78, 5) is 15.3. The highest BCUT2D eigenvalue weighted by molar-refractivity contribution is 5.43. The van der Waals surface area contributed by atoms with E-state index in [-0.39, 0.29) is 12.1 Å². The molecular weight excluding hydrogens is 304 g/mol. The molecule has 24 heavy (non-hydrogen) atoms. The Morgan fingerprint density at radius 3 is 2.88 bits per heavy atom. The summed E-state index contributed by atoms with van der Waals surface area (Å²) < 4.78 is 2.07. The number of hydrogen-bond donors (Lipinski definition) is 2. The molecule has 0 bridgehead atoms. The summed E-state index contributed by atoms with van der Waals surface area (Å²) in [6, 6.07) is 1.97. The molecule has 2 aromatic heterocycles. The zero-order chi connectivity index (χ0) is 16.4. The topological polar surface area (TPSA) is 79.1 Å². The Kier molecular flexibility index (Phi) is 4.34. The summed E-state index contributed by atoms with van der Waals surface area (Å²) in [5.74, 6) is 2.03. The molecule has 0 aromatic carbocycles. The van der Waals surface area contributed by atoms with Crippen LogP contribution in [0.25, 0.3) is 0 Å². The van der Waals surface area contributed by atoms with Crippen molar-refractivity contribution < 1.29 is 5.11 Å². The lowest BCUT2D eigenvalue weighted by Gasteiger charge is -2.19. The van der Waals surface area contributed by atoms with Gasteiger partial charge in [-0.2, -0.15) is 4.98 Å². The summed E-state index contributed by atoms with van der Waals surface area (Å²) >= 11 is 0. The van der Waals surface area contributed by atoms with E-state index < -0.39 is 0 Å². The molecular formula is C17H24N6O. The van der Waals surface area contributed by atoms with Crippen molar-refractivity contribution in [2.45, 2.75) is 44.4 Å². The van der Waals surface area contributed by atoms with Crippen LogP contribution in [0.4, 0.5) is 11.8 Å². The number of hydrogen-bond acceptors (Lipinski definition) is 6. The van der Waals surface area contributed by atoms with Gasteiger partial charge in [0.2, 0.25) is 5.95 Å². The maximum Gasteiger partial charge on any atom is 0.224 e. The number of anilines is 2. The monoisotopic (exact) mass is 328 g/mol. The molecule has 0 amide bonds. The Labute approximate surface area is 141 Å². The van der Waals surface area contributed by atoms with Crippen molar-refractivity contribution in [3.63, 3.8) is 0 Å². The van der Waals surface area contributed by atoms with Crippen molar-refractivity contribution in [1.29, 1.82) is 0 Å². The summed E-state index contributed by atoms with van der Waals surface area (Å²) in [6.07, 6.45) is 11.2. The minimum atomic E-state index is -0.363. The predicted molar refractivity (Wildman–Crippen MR) is 91.8 cm³/mol. The van der Waals surface area contributed by atoms with Crippen LogP contribution in [-0.4, -0.2) is 49.9 Å². The molecule has 1 saturated carbocycles. The Balaban J connectivity index is 1.39. The second-order valence-electron chi connectivity index (χ2n) is 6.85. The van der Waals surface area contributed by atoms with Gasteiger partial charge in [0.1, 0.15) is 5.82 Å². The second kappa shape index (κ2) is 6.76. The lowest BCUT2D eigenvalue weighted by atomic mass is 10.1. The molecule has 3 heterocycles. The van der Waals surface area contributed by atoms with Crippen LogP contribution >= 0.6 is 0 Å². The van der Waals surface area contributed by atoms with E-state index in [9.17, 15) is 5.11 Å². The third kappa shape index (κ3) is 3.36. The van der Waals surface area contributed by atoms with Crippen LogP contribution in [0.5, 0.6) is 0 Å². The van der Waals surface area contributed by atoms with E-state index in [1.165, 1.54) is 12.8 Å². The van der Waals surface area contributed by atoms with Crippen molar-refractivity contribution in [2.75, 3.05) is 23.3 Å².